The number of aromatic nitrogens is 3. The molecule has 0 atom stereocenters. The molecule has 1 amide bonds. The Morgan fingerprint density at radius 3 is 2.60 bits per heavy atom. The summed E-state index contributed by atoms with van der Waals surface area (Å²) in [6.45, 7) is 3.81. The van der Waals surface area contributed by atoms with Crippen molar-refractivity contribution in [3.05, 3.63) is 46.6 Å². The van der Waals surface area contributed by atoms with Gasteiger partial charge in [0.15, 0.2) is 17.2 Å². The van der Waals surface area contributed by atoms with E-state index in [9.17, 15) is 18.0 Å². The van der Waals surface area contributed by atoms with E-state index in [0.717, 1.165) is 10.9 Å². The minimum absolute atomic E-state index is 0.0132. The Hall–Kier alpha value is -2.55. The predicted octanol–water partition coefficient (Wildman–Crippen LogP) is 5.30. The number of amides is 1. The van der Waals surface area contributed by atoms with Crippen LogP contribution in [0, 0.1) is 0 Å². The molecule has 0 unspecified atom stereocenters. The van der Waals surface area contributed by atoms with Crippen LogP contribution in [0.4, 0.5) is 13.2 Å². The number of rotatable bonds is 3. The molecule has 3 heterocycles. The minimum Gasteiger partial charge on any atom is -0.440 e. The summed E-state index contributed by atoms with van der Waals surface area (Å²) in [7, 11) is 0. The third-order valence-electron chi connectivity index (χ3n) is 5.28. The lowest BCUT2D eigenvalue weighted by molar-refractivity contribution is -0.145. The van der Waals surface area contributed by atoms with E-state index >= 15 is 0 Å². The summed E-state index contributed by atoms with van der Waals surface area (Å²) in [5, 5.41) is 4.37. The molecule has 6 nitrogen and oxygen atoms in total. The Morgan fingerprint density at radius 1 is 1.27 bits per heavy atom. The van der Waals surface area contributed by atoms with Crippen LogP contribution < -0.4 is 0 Å². The zero-order chi connectivity index (χ0) is 21.6. The van der Waals surface area contributed by atoms with Crippen molar-refractivity contribution in [3.63, 3.8) is 0 Å². The predicted molar refractivity (Wildman–Crippen MR) is 105 cm³/mol. The highest BCUT2D eigenvalue weighted by molar-refractivity contribution is 6.31. The molecule has 1 fully saturated rings. The van der Waals surface area contributed by atoms with E-state index in [-0.39, 0.29) is 5.92 Å². The quantitative estimate of drug-likeness (QED) is 0.554. The number of carbonyl (C=O) groups is 1. The molecule has 4 rings (SSSR count). The summed E-state index contributed by atoms with van der Waals surface area (Å²) in [6, 6.07) is 4.67. The van der Waals surface area contributed by atoms with Crippen LogP contribution in [0.1, 0.15) is 60.6 Å². The second kappa shape index (κ2) is 7.61. The molecular weight excluding hydrogens is 421 g/mol. The minimum atomic E-state index is -4.66. The van der Waals surface area contributed by atoms with Gasteiger partial charge in [0, 0.05) is 30.1 Å². The Bertz CT molecular complexity index is 1080. The maximum atomic E-state index is 13.6. The second-order valence-corrected chi connectivity index (χ2v) is 8.11. The van der Waals surface area contributed by atoms with E-state index in [1.165, 1.54) is 4.90 Å². The van der Waals surface area contributed by atoms with E-state index in [0.29, 0.717) is 47.9 Å². The van der Waals surface area contributed by atoms with Crippen LogP contribution in [-0.2, 0) is 6.18 Å². The Kier molecular flexibility index (Phi) is 5.25. The zero-order valence-corrected chi connectivity index (χ0v) is 17.2. The largest absolute Gasteiger partial charge is 0.440 e. The maximum absolute atomic E-state index is 13.6. The molecule has 0 N–H and O–H groups in total. The van der Waals surface area contributed by atoms with Crippen molar-refractivity contribution in [2.24, 2.45) is 0 Å². The zero-order valence-electron chi connectivity index (χ0n) is 16.4. The first-order chi connectivity index (χ1) is 14.1. The number of halogens is 4. The third-order valence-corrected chi connectivity index (χ3v) is 5.52. The molecule has 160 valence electrons. The molecule has 1 aromatic carbocycles. The lowest BCUT2D eigenvalue weighted by Gasteiger charge is -2.30. The van der Waals surface area contributed by atoms with Crippen LogP contribution in [0.25, 0.3) is 11.1 Å². The monoisotopic (exact) mass is 440 g/mol. The number of likely N-dealkylation sites (tertiary alicyclic amines) is 1. The summed E-state index contributed by atoms with van der Waals surface area (Å²) in [5.74, 6) is -0.110. The lowest BCUT2D eigenvalue weighted by atomic mass is 9.96. The van der Waals surface area contributed by atoms with Crippen LogP contribution in [0.15, 0.2) is 28.8 Å². The average molecular weight is 441 g/mol. The van der Waals surface area contributed by atoms with Crippen LogP contribution in [0.2, 0.25) is 5.02 Å². The molecule has 10 heteroatoms. The van der Waals surface area contributed by atoms with Gasteiger partial charge < -0.3 is 9.32 Å². The van der Waals surface area contributed by atoms with E-state index in [4.69, 9.17) is 16.0 Å². The molecule has 0 saturated carbocycles. The fourth-order valence-electron chi connectivity index (χ4n) is 3.79. The molecule has 0 bridgehead atoms. The topological polar surface area (TPSA) is 64.2 Å². The van der Waals surface area contributed by atoms with Crippen LogP contribution in [-0.4, -0.2) is 38.7 Å². The van der Waals surface area contributed by atoms with Gasteiger partial charge in [0.2, 0.25) is 0 Å². The highest BCUT2D eigenvalue weighted by atomic mass is 35.5. The number of alkyl halides is 3. The highest BCUT2D eigenvalue weighted by Gasteiger charge is 2.42. The molecule has 0 spiro atoms. The standard InChI is InChI=1S/C20H20ClF3N4O2/c1-11(2)28-17(20(22,23)24)14(10-25-28)19(29)27-7-5-12(6-8-27)18-26-15-9-13(21)3-4-16(15)30-18/h3-4,9-12H,5-8H2,1-2H3. The number of nitrogens with zero attached hydrogens (tertiary/aromatic N) is 4. The molecule has 3 aromatic rings. The molecular formula is C20H20ClF3N4O2. The summed E-state index contributed by atoms with van der Waals surface area (Å²) in [5.41, 5.74) is -0.123. The van der Waals surface area contributed by atoms with E-state index < -0.39 is 29.4 Å². The normalized spacial score (nSPS) is 16.0. The SMILES string of the molecule is CC(C)n1ncc(C(=O)N2CCC(c3nc4cc(Cl)ccc4o3)CC2)c1C(F)(F)F. The molecule has 0 radical (unpaired) electrons. The van der Waals surface area contributed by atoms with Crippen molar-refractivity contribution in [2.45, 2.75) is 44.8 Å². The van der Waals surface area contributed by atoms with E-state index in [1.807, 2.05) is 0 Å². The number of benzene rings is 1. The first-order valence-corrected chi connectivity index (χ1v) is 10.0. The number of hydrogen-bond acceptors (Lipinski definition) is 4. The van der Waals surface area contributed by atoms with Crippen molar-refractivity contribution < 1.29 is 22.4 Å². The molecule has 1 aliphatic heterocycles. The number of hydrogen-bond donors (Lipinski definition) is 0. The van der Waals surface area contributed by atoms with Crippen molar-refractivity contribution in [3.8, 4) is 0 Å². The highest BCUT2D eigenvalue weighted by Crippen LogP contribution is 2.36. The van der Waals surface area contributed by atoms with Crippen LogP contribution >= 0.6 is 11.6 Å². The smallest absolute Gasteiger partial charge is 0.433 e. The molecule has 30 heavy (non-hydrogen) atoms. The number of piperidine rings is 1. The Labute approximate surface area is 175 Å². The van der Waals surface area contributed by atoms with Crippen molar-refractivity contribution >= 4 is 28.6 Å². The van der Waals surface area contributed by atoms with Gasteiger partial charge in [-0.1, -0.05) is 11.6 Å². The first kappa shape index (κ1) is 20.7. The van der Waals surface area contributed by atoms with Gasteiger partial charge in [-0.25, -0.2) is 4.98 Å². The van der Waals surface area contributed by atoms with Gasteiger partial charge in [0.25, 0.3) is 5.91 Å². The number of carbonyl (C=O) groups excluding carboxylic acids is 1. The number of oxazole rings is 1. The Balaban J connectivity index is 1.51. The summed E-state index contributed by atoms with van der Waals surface area (Å²) < 4.78 is 47.4. The molecule has 0 aliphatic carbocycles. The van der Waals surface area contributed by atoms with E-state index in [1.54, 1.807) is 32.0 Å². The fourth-order valence-corrected chi connectivity index (χ4v) is 3.95. The maximum Gasteiger partial charge on any atom is 0.433 e. The first-order valence-electron chi connectivity index (χ1n) is 9.65. The number of fused-ring (bicyclic) bond motifs is 1. The Morgan fingerprint density at radius 2 is 1.97 bits per heavy atom. The van der Waals surface area contributed by atoms with Gasteiger partial charge in [-0.2, -0.15) is 18.3 Å². The van der Waals surface area contributed by atoms with Crippen LogP contribution in [0.5, 0.6) is 0 Å². The summed E-state index contributed by atoms with van der Waals surface area (Å²) in [6.07, 6.45) is -2.55. The summed E-state index contributed by atoms with van der Waals surface area (Å²) >= 11 is 5.98. The fraction of sp³-hybridized carbons (Fsp3) is 0.450. The van der Waals surface area contributed by atoms with Gasteiger partial charge in [-0.15, -0.1) is 0 Å². The van der Waals surface area contributed by atoms with Gasteiger partial charge in [0.05, 0.1) is 11.8 Å². The van der Waals surface area contributed by atoms with Gasteiger partial charge in [0.1, 0.15) is 5.52 Å². The third kappa shape index (κ3) is 3.78. The second-order valence-electron chi connectivity index (χ2n) is 7.67. The lowest BCUT2D eigenvalue weighted by Crippen LogP contribution is -2.38. The van der Waals surface area contributed by atoms with E-state index in [2.05, 4.69) is 10.1 Å². The van der Waals surface area contributed by atoms with Gasteiger partial charge in [-0.05, 0) is 44.9 Å². The van der Waals surface area contributed by atoms with Gasteiger partial charge >= 0.3 is 6.18 Å². The molecule has 1 saturated heterocycles. The average Bonchev–Trinajstić information content (AvgIpc) is 3.31. The van der Waals surface area contributed by atoms with Gasteiger partial charge in [-0.3, -0.25) is 9.48 Å². The molecule has 2 aromatic heterocycles. The van der Waals surface area contributed by atoms with Crippen LogP contribution in [0.3, 0.4) is 0 Å². The summed E-state index contributed by atoms with van der Waals surface area (Å²) in [4.78, 5) is 18.8. The van der Waals surface area contributed by atoms with Crippen molar-refractivity contribution in [1.29, 1.82) is 0 Å². The van der Waals surface area contributed by atoms with Crippen molar-refractivity contribution in [1.82, 2.24) is 19.7 Å². The molecule has 1 aliphatic rings. The van der Waals surface area contributed by atoms with Crippen molar-refractivity contribution in [2.75, 3.05) is 13.1 Å².